The Morgan fingerprint density at radius 3 is 3.00 bits per heavy atom. The van der Waals surface area contributed by atoms with Crippen molar-refractivity contribution >= 4 is 0 Å². The van der Waals surface area contributed by atoms with Crippen molar-refractivity contribution in [3.8, 4) is 0 Å². The van der Waals surface area contributed by atoms with Crippen LogP contribution in [0.15, 0.2) is 0 Å². The van der Waals surface area contributed by atoms with Gasteiger partial charge in [-0.3, -0.25) is 0 Å². The van der Waals surface area contributed by atoms with E-state index in [1.807, 2.05) is 6.92 Å². The van der Waals surface area contributed by atoms with E-state index in [-0.39, 0.29) is 6.10 Å². The van der Waals surface area contributed by atoms with Crippen LogP contribution in [0.25, 0.3) is 0 Å². The van der Waals surface area contributed by atoms with E-state index in [4.69, 9.17) is 4.74 Å². The monoisotopic (exact) mass is 201 g/mol. The summed E-state index contributed by atoms with van der Waals surface area (Å²) in [4.78, 5) is 0. The van der Waals surface area contributed by atoms with Crippen molar-refractivity contribution in [2.24, 2.45) is 0 Å². The molecule has 0 bridgehead atoms. The second-order valence-electron chi connectivity index (χ2n) is 4.04. The minimum Gasteiger partial charge on any atom is -0.393 e. The Hall–Kier alpha value is -0.120. The molecule has 0 aromatic rings. The zero-order chi connectivity index (χ0) is 10.2. The molecule has 1 saturated heterocycles. The summed E-state index contributed by atoms with van der Waals surface area (Å²) in [6.45, 7) is 4.77. The SMILES string of the molecule is CCC(O)CCNCC1CCCCO1. The molecule has 0 aliphatic carbocycles. The van der Waals surface area contributed by atoms with Crippen LogP contribution in [-0.4, -0.2) is 37.0 Å². The Morgan fingerprint density at radius 1 is 1.50 bits per heavy atom. The van der Waals surface area contributed by atoms with Gasteiger partial charge in [0.15, 0.2) is 0 Å². The molecule has 84 valence electrons. The fourth-order valence-corrected chi connectivity index (χ4v) is 1.70. The van der Waals surface area contributed by atoms with Crippen molar-refractivity contribution in [2.75, 3.05) is 19.7 Å². The molecule has 0 aromatic carbocycles. The summed E-state index contributed by atoms with van der Waals surface area (Å²) in [6.07, 6.45) is 5.65. The third-order valence-corrected chi connectivity index (χ3v) is 2.77. The summed E-state index contributed by atoms with van der Waals surface area (Å²) < 4.78 is 5.59. The molecule has 0 spiro atoms. The molecule has 3 nitrogen and oxygen atoms in total. The highest BCUT2D eigenvalue weighted by Gasteiger charge is 2.12. The van der Waals surface area contributed by atoms with Crippen LogP contribution < -0.4 is 5.32 Å². The van der Waals surface area contributed by atoms with Crippen molar-refractivity contribution in [1.82, 2.24) is 5.32 Å². The maximum absolute atomic E-state index is 9.32. The molecule has 0 aromatic heterocycles. The predicted octanol–water partition coefficient (Wildman–Crippen LogP) is 1.31. The van der Waals surface area contributed by atoms with Crippen molar-refractivity contribution < 1.29 is 9.84 Å². The van der Waals surface area contributed by atoms with E-state index in [1.54, 1.807) is 0 Å². The number of aliphatic hydroxyl groups excluding tert-OH is 1. The van der Waals surface area contributed by atoms with Crippen LogP contribution in [0.5, 0.6) is 0 Å². The number of ether oxygens (including phenoxy) is 1. The number of aliphatic hydroxyl groups is 1. The minimum absolute atomic E-state index is 0.144. The van der Waals surface area contributed by atoms with Crippen LogP contribution in [0.2, 0.25) is 0 Å². The van der Waals surface area contributed by atoms with Crippen molar-refractivity contribution in [3.05, 3.63) is 0 Å². The smallest absolute Gasteiger partial charge is 0.0699 e. The Kier molecular flexibility index (Phi) is 6.15. The summed E-state index contributed by atoms with van der Waals surface area (Å²) >= 11 is 0. The summed E-state index contributed by atoms with van der Waals surface area (Å²) in [7, 11) is 0. The average Bonchev–Trinajstić information content (AvgIpc) is 2.25. The standard InChI is InChI=1S/C11H23NO2/c1-2-10(13)6-7-12-9-11-5-3-4-8-14-11/h10-13H,2-9H2,1H3. The lowest BCUT2D eigenvalue weighted by atomic mass is 10.1. The van der Waals surface area contributed by atoms with Gasteiger partial charge in [0.2, 0.25) is 0 Å². The lowest BCUT2D eigenvalue weighted by Crippen LogP contribution is -2.33. The molecular weight excluding hydrogens is 178 g/mol. The number of rotatable bonds is 6. The topological polar surface area (TPSA) is 41.5 Å². The van der Waals surface area contributed by atoms with E-state index in [0.29, 0.717) is 6.10 Å². The quantitative estimate of drug-likeness (QED) is 0.637. The van der Waals surface area contributed by atoms with Gasteiger partial charge >= 0.3 is 0 Å². The molecule has 1 heterocycles. The normalized spacial score (nSPS) is 24.9. The van der Waals surface area contributed by atoms with Crippen molar-refractivity contribution in [1.29, 1.82) is 0 Å². The summed E-state index contributed by atoms with van der Waals surface area (Å²) in [6, 6.07) is 0. The van der Waals surface area contributed by atoms with E-state index in [9.17, 15) is 5.11 Å². The molecular formula is C11H23NO2. The number of hydrogen-bond acceptors (Lipinski definition) is 3. The van der Waals surface area contributed by atoms with E-state index in [1.165, 1.54) is 19.3 Å². The van der Waals surface area contributed by atoms with E-state index in [0.717, 1.165) is 32.5 Å². The first-order chi connectivity index (χ1) is 6.83. The fraction of sp³-hybridized carbons (Fsp3) is 1.00. The van der Waals surface area contributed by atoms with Gasteiger partial charge in [0, 0.05) is 13.2 Å². The molecule has 3 heteroatoms. The summed E-state index contributed by atoms with van der Waals surface area (Å²) in [5, 5.41) is 12.7. The first-order valence-corrected chi connectivity index (χ1v) is 5.83. The second kappa shape index (κ2) is 7.21. The summed E-state index contributed by atoms with van der Waals surface area (Å²) in [5.74, 6) is 0. The highest BCUT2D eigenvalue weighted by atomic mass is 16.5. The molecule has 1 aliphatic rings. The van der Waals surface area contributed by atoms with Gasteiger partial charge in [-0.15, -0.1) is 0 Å². The van der Waals surface area contributed by atoms with Gasteiger partial charge in [0.1, 0.15) is 0 Å². The molecule has 14 heavy (non-hydrogen) atoms. The molecule has 2 N–H and O–H groups in total. The van der Waals surface area contributed by atoms with Crippen LogP contribution in [0.1, 0.15) is 39.0 Å². The van der Waals surface area contributed by atoms with Gasteiger partial charge in [-0.25, -0.2) is 0 Å². The first kappa shape index (κ1) is 12.0. The van der Waals surface area contributed by atoms with Crippen LogP contribution in [0, 0.1) is 0 Å². The minimum atomic E-state index is -0.144. The molecule has 2 unspecified atom stereocenters. The van der Waals surface area contributed by atoms with Crippen molar-refractivity contribution in [3.63, 3.8) is 0 Å². The molecule has 0 radical (unpaired) electrons. The highest BCUT2D eigenvalue weighted by Crippen LogP contribution is 2.11. The van der Waals surface area contributed by atoms with Gasteiger partial charge in [-0.05, 0) is 38.6 Å². The third kappa shape index (κ3) is 4.94. The molecule has 1 aliphatic heterocycles. The molecule has 1 rings (SSSR count). The van der Waals surface area contributed by atoms with Crippen LogP contribution in [0.4, 0.5) is 0 Å². The Bertz CT molecular complexity index is 135. The Balaban J connectivity index is 1.92. The zero-order valence-corrected chi connectivity index (χ0v) is 9.17. The molecule has 2 atom stereocenters. The summed E-state index contributed by atoms with van der Waals surface area (Å²) in [5.41, 5.74) is 0. The lowest BCUT2D eigenvalue weighted by Gasteiger charge is -2.23. The maximum Gasteiger partial charge on any atom is 0.0699 e. The number of nitrogens with one attached hydrogen (secondary N) is 1. The molecule has 1 fully saturated rings. The zero-order valence-electron chi connectivity index (χ0n) is 9.17. The van der Waals surface area contributed by atoms with Crippen LogP contribution in [0.3, 0.4) is 0 Å². The van der Waals surface area contributed by atoms with Gasteiger partial charge in [-0.2, -0.15) is 0 Å². The van der Waals surface area contributed by atoms with Crippen LogP contribution >= 0.6 is 0 Å². The first-order valence-electron chi connectivity index (χ1n) is 5.83. The van der Waals surface area contributed by atoms with E-state index >= 15 is 0 Å². The van der Waals surface area contributed by atoms with E-state index in [2.05, 4.69) is 5.32 Å². The fourth-order valence-electron chi connectivity index (χ4n) is 1.70. The van der Waals surface area contributed by atoms with Crippen LogP contribution in [-0.2, 0) is 4.74 Å². The highest BCUT2D eigenvalue weighted by molar-refractivity contribution is 4.66. The van der Waals surface area contributed by atoms with Crippen molar-refractivity contribution in [2.45, 2.75) is 51.2 Å². The van der Waals surface area contributed by atoms with E-state index < -0.39 is 0 Å². The van der Waals surface area contributed by atoms with Gasteiger partial charge in [-0.1, -0.05) is 6.92 Å². The average molecular weight is 201 g/mol. The molecule has 0 amide bonds. The maximum atomic E-state index is 9.32. The Labute approximate surface area is 86.8 Å². The van der Waals surface area contributed by atoms with Gasteiger partial charge in [0.05, 0.1) is 12.2 Å². The second-order valence-corrected chi connectivity index (χ2v) is 4.04. The van der Waals surface area contributed by atoms with Gasteiger partial charge < -0.3 is 15.2 Å². The Morgan fingerprint density at radius 2 is 2.36 bits per heavy atom. The predicted molar refractivity (Wildman–Crippen MR) is 57.4 cm³/mol. The lowest BCUT2D eigenvalue weighted by molar-refractivity contribution is 0.0165. The third-order valence-electron chi connectivity index (χ3n) is 2.77. The van der Waals surface area contributed by atoms with Gasteiger partial charge in [0.25, 0.3) is 0 Å². The molecule has 0 saturated carbocycles. The number of hydrogen-bond donors (Lipinski definition) is 2. The largest absolute Gasteiger partial charge is 0.393 e.